The fourth-order valence-corrected chi connectivity index (χ4v) is 11.8. The van der Waals surface area contributed by atoms with Crippen LogP contribution in [-0.2, 0) is 68.4 Å². The standard InChI is InChI=1S/C25H35N6O6P.C13H22N5O9P3/c1-5-20(6-2)36-24(32)19(4)30-38(33,37-21-10-8-7-9-11-21)35-13-12-34-17-31-15-23(28-16-31)22-14-27-25(26)29-18(22)3;1-10-11(6-15-13(14)17-10)12-7-18(8-16-12)9-24-4-5-25-28(2,19)26-29(3,20)27-30(21,22)23/h7-11,14-16,19-20H,5-6,12-13,17H2,1-4H3,(H,30,33)(H2,26,27,29);6-8H,4-5,9H2,1-3H3,(H2,14,15,17)(H2,21,22,23)/t19-,38+;/m1./s1. The van der Waals surface area contributed by atoms with Crippen molar-refractivity contribution in [1.82, 2.24) is 44.1 Å². The molecular weight excluding hydrogens is 974 g/mol. The number of aryl methyl sites for hydroxylation is 2. The zero-order valence-electron chi connectivity index (χ0n) is 38.4. The van der Waals surface area contributed by atoms with Gasteiger partial charge in [0.1, 0.15) is 31.4 Å². The van der Waals surface area contributed by atoms with E-state index in [4.69, 9.17) is 49.0 Å². The van der Waals surface area contributed by atoms with Crippen molar-refractivity contribution in [3.63, 3.8) is 0 Å². The minimum Gasteiger partial charge on any atom is -0.461 e. The van der Waals surface area contributed by atoms with Crippen LogP contribution in [0.5, 0.6) is 5.75 Å². The van der Waals surface area contributed by atoms with E-state index >= 15 is 0 Å². The summed E-state index contributed by atoms with van der Waals surface area (Å²) in [5, 5.41) is 2.68. The molecule has 0 aliphatic heterocycles. The van der Waals surface area contributed by atoms with E-state index in [1.54, 1.807) is 84.4 Å². The van der Waals surface area contributed by atoms with Crippen LogP contribution in [0.1, 0.15) is 45.0 Å². The SMILES string of the molecule is CCC(CC)OC(=O)[C@@H](C)N[P@](=O)(OCCOCn1cnc(-c2cnc(N)nc2C)c1)Oc1ccccc1.Cc1nc(N)ncc1-c1cn(COCCOP(C)(=O)OP(C)(=O)OP(=O)(O)O)cn1. The van der Waals surface area contributed by atoms with Crippen LogP contribution in [-0.4, -0.2) is 107 Å². The van der Waals surface area contributed by atoms with Gasteiger partial charge in [0, 0.05) is 49.2 Å². The van der Waals surface area contributed by atoms with Gasteiger partial charge < -0.3 is 53.6 Å². The van der Waals surface area contributed by atoms with Crippen LogP contribution in [0.25, 0.3) is 22.5 Å². The summed E-state index contributed by atoms with van der Waals surface area (Å²) in [4.78, 5) is 54.6. The van der Waals surface area contributed by atoms with Crippen molar-refractivity contribution in [2.24, 2.45) is 0 Å². The van der Waals surface area contributed by atoms with Gasteiger partial charge in [0.2, 0.25) is 11.9 Å². The summed E-state index contributed by atoms with van der Waals surface area (Å²) in [5.41, 5.74) is 15.3. The van der Waals surface area contributed by atoms with E-state index in [9.17, 15) is 23.1 Å². The van der Waals surface area contributed by atoms with Gasteiger partial charge >= 0.3 is 36.7 Å². The van der Waals surface area contributed by atoms with E-state index in [0.717, 1.165) is 30.2 Å². The molecule has 0 fully saturated rings. The number of benzene rings is 1. The van der Waals surface area contributed by atoms with Crippen molar-refractivity contribution in [2.75, 3.05) is 51.2 Å². The first kappa shape index (κ1) is 55.8. The maximum absolute atomic E-state index is 13.5. The van der Waals surface area contributed by atoms with E-state index in [0.29, 0.717) is 35.7 Å². The number of aromatic nitrogens is 8. The number of nitrogens with two attached hydrogens (primary N) is 2. The predicted molar refractivity (Wildman–Crippen MR) is 248 cm³/mol. The molecule has 0 radical (unpaired) electrons. The highest BCUT2D eigenvalue weighted by atomic mass is 31.3. The quantitative estimate of drug-likeness (QED) is 0.0237. The highest BCUT2D eigenvalue weighted by Crippen LogP contribution is 2.66. The van der Waals surface area contributed by atoms with E-state index < -0.39 is 42.8 Å². The summed E-state index contributed by atoms with van der Waals surface area (Å²) < 4.78 is 92.9. The number of carbonyl (C=O) groups is 1. The van der Waals surface area contributed by atoms with Crippen LogP contribution in [0.2, 0.25) is 0 Å². The lowest BCUT2D eigenvalue weighted by atomic mass is 10.2. The molecule has 5 aromatic rings. The van der Waals surface area contributed by atoms with E-state index in [2.05, 4.69) is 43.6 Å². The molecule has 26 nitrogen and oxygen atoms in total. The number of rotatable bonds is 26. The van der Waals surface area contributed by atoms with Crippen molar-refractivity contribution < 1.29 is 69.2 Å². The Morgan fingerprint density at radius 1 is 0.735 bits per heavy atom. The molecule has 5 rings (SSSR count). The number of anilines is 2. The number of ether oxygens (including phenoxy) is 3. The minimum absolute atomic E-state index is 0.00786. The zero-order chi connectivity index (χ0) is 50.1. The molecule has 0 saturated carbocycles. The number of hydrogen-bond acceptors (Lipinski definition) is 21. The third-order valence-corrected chi connectivity index (χ3v) is 15.5. The van der Waals surface area contributed by atoms with Crippen molar-refractivity contribution >= 4 is 48.6 Å². The van der Waals surface area contributed by atoms with Gasteiger partial charge in [0.25, 0.3) is 0 Å². The highest BCUT2D eigenvalue weighted by molar-refractivity contribution is 7.70. The average molecular weight is 1030 g/mol. The Morgan fingerprint density at radius 3 is 1.71 bits per heavy atom. The Labute approximate surface area is 392 Å². The molecule has 68 heavy (non-hydrogen) atoms. The van der Waals surface area contributed by atoms with Gasteiger partial charge in [-0.2, -0.15) is 5.09 Å². The molecule has 4 atom stereocenters. The first-order valence-corrected chi connectivity index (χ1v) is 27.7. The Hall–Kier alpha value is -4.77. The number of phosphoric acid groups is 1. The second-order valence-corrected chi connectivity index (χ2v) is 21.9. The zero-order valence-corrected chi connectivity index (χ0v) is 42.0. The van der Waals surface area contributed by atoms with Gasteiger partial charge in [-0.25, -0.2) is 47.7 Å². The summed E-state index contributed by atoms with van der Waals surface area (Å²) >= 11 is 0. The molecule has 1 aromatic carbocycles. The number of esters is 1. The fourth-order valence-electron chi connectivity index (χ4n) is 5.65. The van der Waals surface area contributed by atoms with E-state index in [-0.39, 0.29) is 57.9 Å². The van der Waals surface area contributed by atoms with Crippen LogP contribution in [0, 0.1) is 13.8 Å². The smallest absolute Gasteiger partial charge is 0.461 e. The van der Waals surface area contributed by atoms with Gasteiger partial charge in [-0.1, -0.05) is 32.0 Å². The normalized spacial score (nSPS) is 14.8. The van der Waals surface area contributed by atoms with Gasteiger partial charge in [-0.15, -0.1) is 0 Å². The maximum atomic E-state index is 13.5. The van der Waals surface area contributed by atoms with Crippen molar-refractivity contribution in [2.45, 2.75) is 73.1 Å². The second kappa shape index (κ2) is 25.7. The van der Waals surface area contributed by atoms with Crippen LogP contribution < -0.4 is 21.1 Å². The number of para-hydroxylation sites is 1. The van der Waals surface area contributed by atoms with Crippen LogP contribution in [0.3, 0.4) is 0 Å². The van der Waals surface area contributed by atoms with Crippen LogP contribution >= 0.6 is 30.8 Å². The molecule has 4 aromatic heterocycles. The van der Waals surface area contributed by atoms with E-state index in [1.807, 2.05) is 20.8 Å². The summed E-state index contributed by atoms with van der Waals surface area (Å²) in [7, 11) is -17.2. The van der Waals surface area contributed by atoms with Crippen molar-refractivity contribution in [1.29, 1.82) is 0 Å². The molecule has 30 heteroatoms. The molecule has 0 aliphatic rings. The molecule has 4 heterocycles. The summed E-state index contributed by atoms with van der Waals surface area (Å²) in [6.45, 7) is 10.9. The van der Waals surface area contributed by atoms with Gasteiger partial charge in [-0.3, -0.25) is 18.4 Å². The molecule has 0 amide bonds. The first-order chi connectivity index (χ1) is 32.0. The maximum Gasteiger partial charge on any atom is 0.476 e. The molecular formula is C38H57N11O15P4. The molecule has 7 N–H and O–H groups in total. The minimum atomic E-state index is -5.08. The predicted octanol–water partition coefficient (Wildman–Crippen LogP) is 6.11. The van der Waals surface area contributed by atoms with Gasteiger partial charge in [0.15, 0.2) is 0 Å². The number of imidazole rings is 2. The molecule has 0 bridgehead atoms. The summed E-state index contributed by atoms with van der Waals surface area (Å²) in [6.07, 6.45) is 11.0. The third kappa shape index (κ3) is 19.3. The van der Waals surface area contributed by atoms with Gasteiger partial charge in [0.05, 0.1) is 61.9 Å². The number of carbonyl (C=O) groups excluding carboxylic acids is 1. The number of nitrogens with zero attached hydrogens (tertiary/aromatic N) is 8. The molecule has 0 aliphatic carbocycles. The van der Waals surface area contributed by atoms with Crippen LogP contribution in [0.4, 0.5) is 11.9 Å². The Bertz CT molecular complexity index is 2600. The largest absolute Gasteiger partial charge is 0.476 e. The highest BCUT2D eigenvalue weighted by Gasteiger charge is 2.36. The van der Waals surface area contributed by atoms with Gasteiger partial charge in [-0.05, 0) is 45.7 Å². The lowest BCUT2D eigenvalue weighted by Gasteiger charge is -2.24. The second-order valence-electron chi connectivity index (χ2n) is 14.6. The van der Waals surface area contributed by atoms with Crippen molar-refractivity contribution in [3.8, 4) is 28.3 Å². The molecule has 2 unspecified atom stereocenters. The summed E-state index contributed by atoms with van der Waals surface area (Å²) in [5.74, 6) is 0.171. The lowest BCUT2D eigenvalue weighted by Crippen LogP contribution is -2.37. The Morgan fingerprint density at radius 2 is 1.24 bits per heavy atom. The van der Waals surface area contributed by atoms with Crippen molar-refractivity contribution in [3.05, 3.63) is 79.2 Å². The summed E-state index contributed by atoms with van der Waals surface area (Å²) in [6, 6.07) is 7.66. The number of nitrogens with one attached hydrogen (secondary N) is 1. The number of nitrogen functional groups attached to an aromatic ring is 2. The third-order valence-electron chi connectivity index (χ3n) is 8.76. The monoisotopic (exact) mass is 1030 g/mol. The Kier molecular flexibility index (Phi) is 21.1. The van der Waals surface area contributed by atoms with Crippen LogP contribution in [0.15, 0.2) is 67.8 Å². The molecule has 0 spiro atoms. The topological polar surface area (TPSA) is 351 Å². The number of hydrogen-bond donors (Lipinski definition) is 5. The van der Waals surface area contributed by atoms with E-state index in [1.165, 1.54) is 6.33 Å². The molecule has 0 saturated heterocycles. The Balaban J connectivity index is 0.000000305. The molecule has 374 valence electrons. The average Bonchev–Trinajstić information content (AvgIpc) is 3.92. The first-order valence-electron chi connectivity index (χ1n) is 20.6. The fraction of sp³-hybridized carbons (Fsp3) is 0.447. The lowest BCUT2D eigenvalue weighted by molar-refractivity contribution is -0.151.